The van der Waals surface area contributed by atoms with E-state index in [4.69, 9.17) is 10.00 Å². The zero-order chi connectivity index (χ0) is 12.3. The van der Waals surface area contributed by atoms with Crippen molar-refractivity contribution in [2.45, 2.75) is 13.3 Å². The van der Waals surface area contributed by atoms with Crippen LogP contribution in [0.2, 0.25) is 0 Å². The van der Waals surface area contributed by atoms with Crippen LogP contribution in [0.5, 0.6) is 0 Å². The maximum absolute atomic E-state index is 11.6. The van der Waals surface area contributed by atoms with Gasteiger partial charge in [-0.05, 0) is 30.0 Å². The summed E-state index contributed by atoms with van der Waals surface area (Å²) >= 11 is 0. The largest absolute Gasteiger partial charge is 0.465 e. The molecule has 86 valence electrons. The van der Waals surface area contributed by atoms with Crippen molar-refractivity contribution in [1.82, 2.24) is 0 Å². The number of rotatable bonds is 3. The SMILES string of the molecule is CCOC(=O)C(C#N)C1=Cc2ccccc2C1. The first kappa shape index (κ1) is 11.4. The van der Waals surface area contributed by atoms with E-state index in [0.29, 0.717) is 13.0 Å². The van der Waals surface area contributed by atoms with Gasteiger partial charge in [0.1, 0.15) is 0 Å². The van der Waals surface area contributed by atoms with Gasteiger partial charge in [-0.3, -0.25) is 4.79 Å². The Morgan fingerprint density at radius 2 is 2.29 bits per heavy atom. The molecular formula is C14H13NO2. The highest BCUT2D eigenvalue weighted by Gasteiger charge is 2.27. The maximum atomic E-state index is 11.6. The molecule has 0 saturated heterocycles. The monoisotopic (exact) mass is 227 g/mol. The molecule has 1 aromatic carbocycles. The Morgan fingerprint density at radius 3 is 2.94 bits per heavy atom. The van der Waals surface area contributed by atoms with E-state index >= 15 is 0 Å². The predicted octanol–water partition coefficient (Wildman–Crippen LogP) is 2.33. The average Bonchev–Trinajstić information content (AvgIpc) is 2.73. The highest BCUT2D eigenvalue weighted by atomic mass is 16.5. The summed E-state index contributed by atoms with van der Waals surface area (Å²) in [6.07, 6.45) is 2.58. The van der Waals surface area contributed by atoms with Crippen LogP contribution in [0, 0.1) is 17.2 Å². The molecule has 0 aliphatic heterocycles. The predicted molar refractivity (Wildman–Crippen MR) is 63.9 cm³/mol. The lowest BCUT2D eigenvalue weighted by Crippen LogP contribution is -2.18. The minimum absolute atomic E-state index is 0.303. The van der Waals surface area contributed by atoms with Crippen LogP contribution in [0.15, 0.2) is 29.8 Å². The van der Waals surface area contributed by atoms with E-state index < -0.39 is 11.9 Å². The standard InChI is InChI=1S/C14H13NO2/c1-2-17-14(16)13(9-15)12-7-10-5-3-4-6-11(10)8-12/h3-7,13H,2,8H2,1H3. The number of esters is 1. The smallest absolute Gasteiger partial charge is 0.327 e. The first-order chi connectivity index (χ1) is 8.26. The summed E-state index contributed by atoms with van der Waals surface area (Å²) in [5.74, 6) is -1.23. The van der Waals surface area contributed by atoms with Crippen LogP contribution in [-0.2, 0) is 16.0 Å². The fourth-order valence-electron chi connectivity index (χ4n) is 2.00. The van der Waals surface area contributed by atoms with Crippen molar-refractivity contribution in [2.75, 3.05) is 6.61 Å². The van der Waals surface area contributed by atoms with E-state index in [9.17, 15) is 4.79 Å². The van der Waals surface area contributed by atoms with Crippen molar-refractivity contribution in [3.8, 4) is 6.07 Å². The average molecular weight is 227 g/mol. The van der Waals surface area contributed by atoms with Gasteiger partial charge in [0.05, 0.1) is 12.7 Å². The summed E-state index contributed by atoms with van der Waals surface area (Å²) in [6.45, 7) is 2.04. The van der Waals surface area contributed by atoms with E-state index in [1.807, 2.05) is 36.4 Å². The fraction of sp³-hybridized carbons (Fsp3) is 0.286. The number of fused-ring (bicyclic) bond motifs is 1. The minimum Gasteiger partial charge on any atom is -0.465 e. The molecule has 0 radical (unpaired) electrons. The van der Waals surface area contributed by atoms with Crippen molar-refractivity contribution in [2.24, 2.45) is 5.92 Å². The Labute approximate surface area is 100 Å². The van der Waals surface area contributed by atoms with Crippen molar-refractivity contribution < 1.29 is 9.53 Å². The van der Waals surface area contributed by atoms with E-state index in [1.165, 1.54) is 0 Å². The Balaban J connectivity index is 2.21. The molecule has 0 fully saturated rings. The molecule has 0 amide bonds. The highest BCUT2D eigenvalue weighted by molar-refractivity contribution is 5.82. The van der Waals surface area contributed by atoms with Gasteiger partial charge in [0.25, 0.3) is 0 Å². The third-order valence-electron chi connectivity index (χ3n) is 2.81. The van der Waals surface area contributed by atoms with Gasteiger partial charge < -0.3 is 4.74 Å². The number of ether oxygens (including phenoxy) is 1. The van der Waals surface area contributed by atoms with Gasteiger partial charge in [-0.1, -0.05) is 30.3 Å². The molecule has 0 bridgehead atoms. The van der Waals surface area contributed by atoms with Crippen molar-refractivity contribution in [3.63, 3.8) is 0 Å². The second kappa shape index (κ2) is 4.84. The number of hydrogen-bond acceptors (Lipinski definition) is 3. The fourth-order valence-corrected chi connectivity index (χ4v) is 2.00. The first-order valence-corrected chi connectivity index (χ1v) is 5.61. The number of carbonyl (C=O) groups is 1. The zero-order valence-electron chi connectivity index (χ0n) is 9.64. The number of hydrogen-bond donors (Lipinski definition) is 0. The lowest BCUT2D eigenvalue weighted by atomic mass is 9.99. The molecule has 0 N–H and O–H groups in total. The minimum atomic E-state index is -0.776. The van der Waals surface area contributed by atoms with Gasteiger partial charge >= 0.3 is 5.97 Å². The topological polar surface area (TPSA) is 50.1 Å². The van der Waals surface area contributed by atoms with E-state index in [-0.39, 0.29) is 0 Å². The molecule has 0 saturated carbocycles. The second-order valence-corrected chi connectivity index (χ2v) is 3.91. The normalized spacial score (nSPS) is 14.5. The maximum Gasteiger partial charge on any atom is 0.327 e. The van der Waals surface area contributed by atoms with Gasteiger partial charge in [-0.25, -0.2) is 0 Å². The quantitative estimate of drug-likeness (QED) is 0.744. The van der Waals surface area contributed by atoms with Crippen LogP contribution in [0.3, 0.4) is 0 Å². The molecule has 1 aliphatic rings. The van der Waals surface area contributed by atoms with Crippen LogP contribution in [0.1, 0.15) is 18.1 Å². The van der Waals surface area contributed by atoms with E-state index in [0.717, 1.165) is 16.7 Å². The molecule has 2 rings (SSSR count). The van der Waals surface area contributed by atoms with E-state index in [2.05, 4.69) is 0 Å². The Hall–Kier alpha value is -2.08. The van der Waals surface area contributed by atoms with Gasteiger partial charge in [0, 0.05) is 0 Å². The molecule has 0 heterocycles. The van der Waals surface area contributed by atoms with Crippen LogP contribution < -0.4 is 0 Å². The number of nitriles is 1. The molecule has 3 heteroatoms. The van der Waals surface area contributed by atoms with Crippen LogP contribution >= 0.6 is 0 Å². The van der Waals surface area contributed by atoms with Crippen molar-refractivity contribution in [1.29, 1.82) is 5.26 Å². The molecule has 1 unspecified atom stereocenters. The zero-order valence-corrected chi connectivity index (χ0v) is 9.64. The Morgan fingerprint density at radius 1 is 1.53 bits per heavy atom. The van der Waals surface area contributed by atoms with Crippen molar-refractivity contribution >= 4 is 12.0 Å². The third kappa shape index (κ3) is 2.21. The van der Waals surface area contributed by atoms with Crippen LogP contribution in [-0.4, -0.2) is 12.6 Å². The summed E-state index contributed by atoms with van der Waals surface area (Å²) in [7, 11) is 0. The lowest BCUT2D eigenvalue weighted by molar-refractivity contribution is -0.144. The third-order valence-corrected chi connectivity index (χ3v) is 2.81. The molecule has 3 nitrogen and oxygen atoms in total. The number of benzene rings is 1. The Bertz CT molecular complexity index is 511. The second-order valence-electron chi connectivity index (χ2n) is 3.91. The summed E-state index contributed by atoms with van der Waals surface area (Å²) in [5.41, 5.74) is 3.08. The van der Waals surface area contributed by atoms with Gasteiger partial charge in [-0.15, -0.1) is 0 Å². The molecule has 0 spiro atoms. The molecule has 17 heavy (non-hydrogen) atoms. The number of nitrogens with zero attached hydrogens (tertiary/aromatic N) is 1. The lowest BCUT2D eigenvalue weighted by Gasteiger charge is -2.08. The highest BCUT2D eigenvalue weighted by Crippen LogP contribution is 2.29. The van der Waals surface area contributed by atoms with Crippen LogP contribution in [0.25, 0.3) is 6.08 Å². The first-order valence-electron chi connectivity index (χ1n) is 5.61. The van der Waals surface area contributed by atoms with Gasteiger partial charge in [0.2, 0.25) is 0 Å². The van der Waals surface area contributed by atoms with Crippen LogP contribution in [0.4, 0.5) is 0 Å². The van der Waals surface area contributed by atoms with Crippen molar-refractivity contribution in [3.05, 3.63) is 41.0 Å². The summed E-state index contributed by atoms with van der Waals surface area (Å²) in [6, 6.07) is 9.93. The Kier molecular flexibility index (Phi) is 3.24. The van der Waals surface area contributed by atoms with Gasteiger partial charge in [0.15, 0.2) is 5.92 Å². The molecule has 1 aromatic rings. The molecule has 1 atom stereocenters. The molecule has 0 aromatic heterocycles. The molecular weight excluding hydrogens is 214 g/mol. The summed E-state index contributed by atoms with van der Waals surface area (Å²) in [4.78, 5) is 11.6. The summed E-state index contributed by atoms with van der Waals surface area (Å²) < 4.78 is 4.90. The van der Waals surface area contributed by atoms with Gasteiger partial charge in [-0.2, -0.15) is 5.26 Å². The molecule has 1 aliphatic carbocycles. The van der Waals surface area contributed by atoms with E-state index in [1.54, 1.807) is 6.92 Å². The summed E-state index contributed by atoms with van der Waals surface area (Å²) in [5, 5.41) is 9.07. The number of carbonyl (C=O) groups excluding carboxylic acids is 1.